The molecule has 1 heterocycles. The van der Waals surface area contributed by atoms with Crippen LogP contribution in [0.15, 0.2) is 4.79 Å². The Kier molecular flexibility index (Phi) is 1.56. The van der Waals surface area contributed by atoms with Crippen LogP contribution >= 0.6 is 0 Å². The molecule has 0 aliphatic carbocycles. The average molecular weight is 156 g/mol. The first-order chi connectivity index (χ1) is 5.04. The molecule has 0 saturated heterocycles. The van der Waals surface area contributed by atoms with Gasteiger partial charge in [-0.2, -0.15) is 0 Å². The van der Waals surface area contributed by atoms with Crippen LogP contribution in [0.3, 0.4) is 0 Å². The number of carboxylic acids is 1. The Morgan fingerprint density at radius 1 is 1.64 bits per heavy atom. The van der Waals surface area contributed by atoms with E-state index < -0.39 is 5.97 Å². The van der Waals surface area contributed by atoms with E-state index in [1.165, 1.54) is 14.0 Å². The molecule has 0 aliphatic heterocycles. The van der Waals surface area contributed by atoms with Crippen LogP contribution in [0.1, 0.15) is 16.1 Å². The zero-order chi connectivity index (χ0) is 8.59. The first-order valence-electron chi connectivity index (χ1n) is 3.03. The van der Waals surface area contributed by atoms with Gasteiger partial charge in [-0.25, -0.2) is 4.79 Å². The fourth-order valence-corrected chi connectivity index (χ4v) is 0.869. The minimum Gasteiger partial charge on any atom is -0.477 e. The molecule has 0 fully saturated rings. The molecule has 1 rings (SSSR count). The Hall–Kier alpha value is -1.52. The average Bonchev–Trinajstić information content (AvgIpc) is 2.17. The van der Waals surface area contributed by atoms with Crippen LogP contribution in [0.4, 0.5) is 0 Å². The highest BCUT2D eigenvalue weighted by Crippen LogP contribution is 1.96. The van der Waals surface area contributed by atoms with E-state index in [4.69, 9.17) is 5.11 Å². The first-order valence-corrected chi connectivity index (χ1v) is 3.03. The summed E-state index contributed by atoms with van der Waals surface area (Å²) in [4.78, 5) is 21.4. The lowest BCUT2D eigenvalue weighted by Gasteiger charge is -1.87. The summed E-state index contributed by atoms with van der Waals surface area (Å²) < 4.78 is 1.14. The van der Waals surface area contributed by atoms with Gasteiger partial charge in [0.1, 0.15) is 5.69 Å². The van der Waals surface area contributed by atoms with Gasteiger partial charge in [0, 0.05) is 12.6 Å². The van der Waals surface area contributed by atoms with Crippen molar-refractivity contribution in [1.82, 2.24) is 9.78 Å². The molecule has 0 amide bonds. The molecule has 5 heteroatoms. The summed E-state index contributed by atoms with van der Waals surface area (Å²) in [6.45, 7) is 1.47. The van der Waals surface area contributed by atoms with E-state index in [9.17, 15) is 9.59 Å². The number of hydrogen-bond donors (Lipinski definition) is 2. The van der Waals surface area contributed by atoms with E-state index in [0.29, 0.717) is 0 Å². The van der Waals surface area contributed by atoms with Crippen LogP contribution in [0.25, 0.3) is 0 Å². The maximum Gasteiger partial charge on any atom is 0.354 e. The molecule has 0 bridgehead atoms. The molecule has 60 valence electrons. The summed E-state index contributed by atoms with van der Waals surface area (Å²) in [5, 5.41) is 10.9. The van der Waals surface area contributed by atoms with Crippen molar-refractivity contribution in [1.29, 1.82) is 0 Å². The van der Waals surface area contributed by atoms with Gasteiger partial charge in [0.05, 0.1) is 0 Å². The summed E-state index contributed by atoms with van der Waals surface area (Å²) in [6, 6.07) is 0. The van der Waals surface area contributed by atoms with Crippen LogP contribution in [0, 0.1) is 6.92 Å². The van der Waals surface area contributed by atoms with Gasteiger partial charge in [-0.3, -0.25) is 14.6 Å². The Morgan fingerprint density at radius 2 is 2.18 bits per heavy atom. The summed E-state index contributed by atoms with van der Waals surface area (Å²) in [5.74, 6) is -1.11. The lowest BCUT2D eigenvalue weighted by atomic mass is 10.3. The number of rotatable bonds is 1. The van der Waals surface area contributed by atoms with E-state index in [1.807, 2.05) is 0 Å². The van der Waals surface area contributed by atoms with Gasteiger partial charge in [-0.05, 0) is 6.92 Å². The molecule has 0 spiro atoms. The fourth-order valence-electron chi connectivity index (χ4n) is 0.869. The topological polar surface area (TPSA) is 75.1 Å². The van der Waals surface area contributed by atoms with Crippen molar-refractivity contribution in [3.8, 4) is 0 Å². The Balaban J connectivity index is 3.42. The fraction of sp³-hybridized carbons (Fsp3) is 0.333. The zero-order valence-corrected chi connectivity index (χ0v) is 6.21. The minimum atomic E-state index is -1.11. The lowest BCUT2D eigenvalue weighted by Crippen LogP contribution is -2.13. The number of nitrogens with zero attached hydrogens (tertiary/aromatic N) is 1. The summed E-state index contributed by atoms with van der Waals surface area (Å²) in [6.07, 6.45) is 0. The number of carbonyl (C=O) groups is 1. The minimum absolute atomic E-state index is 0.0440. The van der Waals surface area contributed by atoms with E-state index in [0.717, 1.165) is 4.68 Å². The second-order valence-electron chi connectivity index (χ2n) is 2.28. The summed E-state index contributed by atoms with van der Waals surface area (Å²) in [5.41, 5.74) is -0.111. The highest BCUT2D eigenvalue weighted by Gasteiger charge is 2.13. The molecule has 2 N–H and O–H groups in total. The van der Waals surface area contributed by atoms with E-state index in [1.54, 1.807) is 0 Å². The third kappa shape index (κ3) is 1.04. The SMILES string of the molecule is Cc1c(C(=O)O)[nH]n(C)c1=O. The van der Waals surface area contributed by atoms with Crippen molar-refractivity contribution in [3.05, 3.63) is 21.6 Å². The first kappa shape index (κ1) is 7.59. The Morgan fingerprint density at radius 3 is 2.36 bits per heavy atom. The zero-order valence-electron chi connectivity index (χ0n) is 6.21. The molecule has 0 atom stereocenters. The van der Waals surface area contributed by atoms with Gasteiger partial charge < -0.3 is 5.11 Å². The van der Waals surface area contributed by atoms with Crippen LogP contribution < -0.4 is 5.56 Å². The van der Waals surface area contributed by atoms with Gasteiger partial charge in [0.15, 0.2) is 0 Å². The summed E-state index contributed by atoms with van der Waals surface area (Å²) >= 11 is 0. The van der Waals surface area contributed by atoms with Crippen LogP contribution in [0.2, 0.25) is 0 Å². The molecular weight excluding hydrogens is 148 g/mol. The largest absolute Gasteiger partial charge is 0.477 e. The molecule has 0 unspecified atom stereocenters. The van der Waals surface area contributed by atoms with Gasteiger partial charge in [-0.15, -0.1) is 0 Å². The van der Waals surface area contributed by atoms with Gasteiger partial charge in [0.2, 0.25) is 0 Å². The summed E-state index contributed by atoms with van der Waals surface area (Å²) in [7, 11) is 1.47. The van der Waals surface area contributed by atoms with Crippen LogP contribution in [-0.2, 0) is 7.05 Å². The number of hydrogen-bond acceptors (Lipinski definition) is 2. The number of aryl methyl sites for hydroxylation is 1. The van der Waals surface area contributed by atoms with Crippen molar-refractivity contribution >= 4 is 5.97 Å². The third-order valence-corrected chi connectivity index (χ3v) is 1.49. The smallest absolute Gasteiger partial charge is 0.354 e. The lowest BCUT2D eigenvalue weighted by molar-refractivity contribution is 0.0689. The molecule has 0 aromatic carbocycles. The Labute approximate surface area is 62.3 Å². The molecular formula is C6H8N2O3. The van der Waals surface area contributed by atoms with Crippen molar-refractivity contribution in [2.45, 2.75) is 6.92 Å². The monoisotopic (exact) mass is 156 g/mol. The Bertz CT molecular complexity index is 347. The van der Waals surface area contributed by atoms with E-state index in [2.05, 4.69) is 5.10 Å². The number of aromatic amines is 1. The predicted molar refractivity (Wildman–Crippen MR) is 37.7 cm³/mol. The van der Waals surface area contributed by atoms with Gasteiger partial charge in [0.25, 0.3) is 5.56 Å². The number of aromatic carboxylic acids is 1. The van der Waals surface area contributed by atoms with Crippen molar-refractivity contribution in [2.75, 3.05) is 0 Å². The molecule has 1 aromatic rings. The van der Waals surface area contributed by atoms with Crippen molar-refractivity contribution in [3.63, 3.8) is 0 Å². The standard InChI is InChI=1S/C6H8N2O3/c1-3-4(6(10)11)7-8(2)5(3)9/h7H,1-2H3,(H,10,11). The van der Waals surface area contributed by atoms with E-state index >= 15 is 0 Å². The number of nitrogens with one attached hydrogen (secondary N) is 1. The second-order valence-corrected chi connectivity index (χ2v) is 2.28. The maximum absolute atomic E-state index is 11.0. The molecule has 0 radical (unpaired) electrons. The normalized spacial score (nSPS) is 10.0. The van der Waals surface area contributed by atoms with Gasteiger partial charge >= 0.3 is 5.97 Å². The van der Waals surface area contributed by atoms with Crippen LogP contribution in [-0.4, -0.2) is 20.9 Å². The van der Waals surface area contributed by atoms with Crippen LogP contribution in [0.5, 0.6) is 0 Å². The maximum atomic E-state index is 11.0. The van der Waals surface area contributed by atoms with Crippen molar-refractivity contribution in [2.24, 2.45) is 7.05 Å². The van der Waals surface area contributed by atoms with E-state index in [-0.39, 0.29) is 16.8 Å². The van der Waals surface area contributed by atoms with Crippen molar-refractivity contribution < 1.29 is 9.90 Å². The second kappa shape index (κ2) is 2.26. The molecule has 0 saturated carbocycles. The molecule has 11 heavy (non-hydrogen) atoms. The number of H-pyrrole nitrogens is 1. The molecule has 1 aromatic heterocycles. The molecule has 5 nitrogen and oxygen atoms in total. The third-order valence-electron chi connectivity index (χ3n) is 1.49. The van der Waals surface area contributed by atoms with Gasteiger partial charge in [-0.1, -0.05) is 0 Å². The highest BCUT2D eigenvalue weighted by atomic mass is 16.4. The predicted octanol–water partition coefficient (Wildman–Crippen LogP) is -0.280. The quantitative estimate of drug-likeness (QED) is 0.587. The number of carboxylic acid groups (broad SMARTS) is 1. The number of aromatic nitrogens is 2. The molecule has 0 aliphatic rings. The highest BCUT2D eigenvalue weighted by molar-refractivity contribution is 5.86.